The average molecular weight is 367 g/mol. The minimum absolute atomic E-state index is 0.111. The fraction of sp³-hybridized carbons (Fsp3) is 0.0625. The Morgan fingerprint density at radius 3 is 2.64 bits per heavy atom. The Hall–Kier alpha value is -2.81. The summed E-state index contributed by atoms with van der Waals surface area (Å²) in [5, 5.41) is 1.63. The minimum atomic E-state index is -4.54. The van der Waals surface area contributed by atoms with Crippen LogP contribution in [-0.4, -0.2) is 15.9 Å². The van der Waals surface area contributed by atoms with Gasteiger partial charge in [-0.15, -0.1) is 11.3 Å². The maximum atomic E-state index is 13.5. The van der Waals surface area contributed by atoms with Crippen LogP contribution in [0.4, 0.5) is 17.6 Å². The van der Waals surface area contributed by atoms with Gasteiger partial charge in [0.15, 0.2) is 0 Å². The van der Waals surface area contributed by atoms with Crippen LogP contribution in [0.15, 0.2) is 42.0 Å². The number of thiazole rings is 1. The minimum Gasteiger partial charge on any atom is -0.366 e. The van der Waals surface area contributed by atoms with Crippen molar-refractivity contribution in [3.8, 4) is 21.8 Å². The van der Waals surface area contributed by atoms with Crippen LogP contribution in [0.25, 0.3) is 21.8 Å². The van der Waals surface area contributed by atoms with Crippen LogP contribution in [0, 0.1) is 5.82 Å². The maximum Gasteiger partial charge on any atom is 0.417 e. The van der Waals surface area contributed by atoms with Crippen molar-refractivity contribution in [3.63, 3.8) is 0 Å². The monoisotopic (exact) mass is 367 g/mol. The van der Waals surface area contributed by atoms with Crippen LogP contribution < -0.4 is 5.73 Å². The second-order valence-electron chi connectivity index (χ2n) is 5.02. The van der Waals surface area contributed by atoms with E-state index < -0.39 is 23.5 Å². The van der Waals surface area contributed by atoms with E-state index in [2.05, 4.69) is 9.97 Å². The van der Waals surface area contributed by atoms with Gasteiger partial charge in [0.25, 0.3) is 5.91 Å². The van der Waals surface area contributed by atoms with Gasteiger partial charge in [0.2, 0.25) is 0 Å². The van der Waals surface area contributed by atoms with Crippen LogP contribution in [-0.2, 0) is 6.18 Å². The van der Waals surface area contributed by atoms with E-state index in [-0.39, 0.29) is 16.1 Å². The number of nitrogens with zero attached hydrogens (tertiary/aromatic N) is 2. The van der Waals surface area contributed by atoms with Crippen LogP contribution in [0.2, 0.25) is 0 Å². The second kappa shape index (κ2) is 6.25. The molecule has 0 aliphatic carbocycles. The lowest BCUT2D eigenvalue weighted by Gasteiger charge is -2.09. The number of hydrogen-bond acceptors (Lipinski definition) is 4. The fourth-order valence-electron chi connectivity index (χ4n) is 2.22. The first-order chi connectivity index (χ1) is 11.8. The molecule has 4 nitrogen and oxygen atoms in total. The van der Waals surface area contributed by atoms with Gasteiger partial charge in [-0.2, -0.15) is 13.2 Å². The number of amides is 1. The molecule has 3 rings (SSSR count). The van der Waals surface area contributed by atoms with Crippen molar-refractivity contribution in [1.29, 1.82) is 0 Å². The first-order valence-electron chi connectivity index (χ1n) is 6.84. The zero-order chi connectivity index (χ0) is 18.2. The molecule has 25 heavy (non-hydrogen) atoms. The highest BCUT2D eigenvalue weighted by atomic mass is 32.1. The van der Waals surface area contributed by atoms with Crippen LogP contribution in [0.3, 0.4) is 0 Å². The lowest BCUT2D eigenvalue weighted by atomic mass is 10.1. The molecular formula is C16H9F4N3OS. The van der Waals surface area contributed by atoms with Crippen molar-refractivity contribution in [3.05, 3.63) is 59.0 Å². The Kier molecular flexibility index (Phi) is 4.25. The summed E-state index contributed by atoms with van der Waals surface area (Å²) in [6.45, 7) is 0. The number of carbonyl (C=O) groups excluding carboxylic acids is 1. The summed E-state index contributed by atoms with van der Waals surface area (Å²) in [6, 6.07) is 4.51. The first kappa shape index (κ1) is 17.0. The van der Waals surface area contributed by atoms with Crippen molar-refractivity contribution < 1.29 is 22.4 Å². The smallest absolute Gasteiger partial charge is 0.366 e. The van der Waals surface area contributed by atoms with Gasteiger partial charge >= 0.3 is 6.18 Å². The lowest BCUT2D eigenvalue weighted by molar-refractivity contribution is -0.137. The summed E-state index contributed by atoms with van der Waals surface area (Å²) < 4.78 is 52.9. The Balaban J connectivity index is 2.05. The van der Waals surface area contributed by atoms with Gasteiger partial charge in [0, 0.05) is 28.9 Å². The molecule has 1 amide bonds. The third kappa shape index (κ3) is 3.36. The number of nitrogens with two attached hydrogens (primary N) is 1. The van der Waals surface area contributed by atoms with E-state index in [1.54, 1.807) is 0 Å². The topological polar surface area (TPSA) is 68.9 Å². The molecule has 0 fully saturated rings. The van der Waals surface area contributed by atoms with E-state index >= 15 is 0 Å². The normalized spacial score (nSPS) is 11.5. The third-order valence-electron chi connectivity index (χ3n) is 3.39. The molecule has 128 valence electrons. The van der Waals surface area contributed by atoms with E-state index in [9.17, 15) is 22.4 Å². The molecule has 2 N–H and O–H groups in total. The standard InChI is InChI=1S/C16H9F4N3OS/c17-12-2-1-8(5-9(12)14(21)24)13-7-25-15(23-13)10-6-22-4-3-11(10)16(18,19)20/h1-7H,(H2,21,24). The van der Waals surface area contributed by atoms with E-state index in [0.717, 1.165) is 35.9 Å². The zero-order valence-corrected chi connectivity index (χ0v) is 13.2. The molecule has 2 heterocycles. The molecule has 0 spiro atoms. The van der Waals surface area contributed by atoms with Crippen LogP contribution in [0.5, 0.6) is 0 Å². The van der Waals surface area contributed by atoms with Crippen molar-refractivity contribution in [2.24, 2.45) is 5.73 Å². The maximum absolute atomic E-state index is 13.5. The average Bonchev–Trinajstić information content (AvgIpc) is 3.04. The van der Waals surface area contributed by atoms with Gasteiger partial charge in [-0.05, 0) is 24.3 Å². The van der Waals surface area contributed by atoms with Crippen molar-refractivity contribution in [1.82, 2.24) is 9.97 Å². The zero-order valence-electron chi connectivity index (χ0n) is 12.3. The fourth-order valence-corrected chi connectivity index (χ4v) is 3.07. The highest BCUT2D eigenvalue weighted by Crippen LogP contribution is 2.38. The Bertz CT molecular complexity index is 953. The number of carbonyl (C=O) groups is 1. The number of benzene rings is 1. The summed E-state index contributed by atoms with van der Waals surface area (Å²) in [6.07, 6.45) is -2.40. The number of alkyl halides is 3. The Morgan fingerprint density at radius 2 is 1.96 bits per heavy atom. The molecule has 0 radical (unpaired) electrons. The molecule has 0 aliphatic heterocycles. The highest BCUT2D eigenvalue weighted by molar-refractivity contribution is 7.13. The van der Waals surface area contributed by atoms with Gasteiger partial charge in [-0.3, -0.25) is 9.78 Å². The predicted octanol–water partition coefficient (Wildman–Crippen LogP) is 4.13. The number of pyridine rings is 1. The molecule has 9 heteroatoms. The van der Waals surface area contributed by atoms with Crippen molar-refractivity contribution in [2.45, 2.75) is 6.18 Å². The summed E-state index contributed by atoms with van der Waals surface area (Å²) in [5.74, 6) is -1.72. The molecule has 0 unspecified atom stereocenters. The molecule has 1 aromatic carbocycles. The van der Waals surface area contributed by atoms with E-state index in [4.69, 9.17) is 5.73 Å². The number of halogens is 4. The van der Waals surface area contributed by atoms with Gasteiger partial charge in [0.05, 0.1) is 16.8 Å². The van der Waals surface area contributed by atoms with Gasteiger partial charge in [-0.25, -0.2) is 9.37 Å². The third-order valence-corrected chi connectivity index (χ3v) is 4.26. The molecule has 0 atom stereocenters. The largest absolute Gasteiger partial charge is 0.417 e. The van der Waals surface area contributed by atoms with Crippen LogP contribution in [0.1, 0.15) is 15.9 Å². The first-order valence-corrected chi connectivity index (χ1v) is 7.72. The SMILES string of the molecule is NC(=O)c1cc(-c2csc(-c3cnccc3C(F)(F)F)n2)ccc1F. The number of primary amides is 1. The molecule has 0 saturated heterocycles. The van der Waals surface area contributed by atoms with Gasteiger partial charge in [-0.1, -0.05) is 0 Å². The summed E-state index contributed by atoms with van der Waals surface area (Å²) in [7, 11) is 0. The number of hydrogen-bond donors (Lipinski definition) is 1. The molecule has 0 saturated carbocycles. The Morgan fingerprint density at radius 1 is 1.20 bits per heavy atom. The van der Waals surface area contributed by atoms with Gasteiger partial charge in [0.1, 0.15) is 10.8 Å². The second-order valence-corrected chi connectivity index (χ2v) is 5.87. The molecule has 2 aromatic heterocycles. The molecular weight excluding hydrogens is 358 g/mol. The quantitative estimate of drug-likeness (QED) is 0.708. The molecule has 3 aromatic rings. The molecule has 0 bridgehead atoms. The lowest BCUT2D eigenvalue weighted by Crippen LogP contribution is -2.13. The predicted molar refractivity (Wildman–Crippen MR) is 84.3 cm³/mol. The Labute approximate surface area is 143 Å². The summed E-state index contributed by atoms with van der Waals surface area (Å²) >= 11 is 0.985. The van der Waals surface area contributed by atoms with Crippen molar-refractivity contribution >= 4 is 17.2 Å². The van der Waals surface area contributed by atoms with E-state index in [1.807, 2.05) is 0 Å². The van der Waals surface area contributed by atoms with Crippen molar-refractivity contribution in [2.75, 3.05) is 0 Å². The molecule has 0 aliphatic rings. The number of rotatable bonds is 3. The highest BCUT2D eigenvalue weighted by Gasteiger charge is 2.34. The van der Waals surface area contributed by atoms with E-state index in [1.165, 1.54) is 17.5 Å². The van der Waals surface area contributed by atoms with E-state index in [0.29, 0.717) is 11.3 Å². The van der Waals surface area contributed by atoms with Crippen LogP contribution >= 0.6 is 11.3 Å². The summed E-state index contributed by atoms with van der Waals surface area (Å²) in [5.41, 5.74) is 4.46. The summed E-state index contributed by atoms with van der Waals surface area (Å²) in [4.78, 5) is 19.1. The number of aromatic nitrogens is 2. The van der Waals surface area contributed by atoms with Gasteiger partial charge < -0.3 is 5.73 Å².